The molecule has 4 nitrogen and oxygen atoms in total. The van der Waals surface area contributed by atoms with Crippen LogP contribution in [0.3, 0.4) is 0 Å². The zero-order chi connectivity index (χ0) is 18.7. The molecule has 0 spiro atoms. The molecule has 2 fully saturated rings. The van der Waals surface area contributed by atoms with Crippen LogP contribution in [0.1, 0.15) is 32.3 Å². The third kappa shape index (κ3) is 3.56. The van der Waals surface area contributed by atoms with Gasteiger partial charge in [0, 0.05) is 36.8 Å². The van der Waals surface area contributed by atoms with Gasteiger partial charge in [-0.15, -0.1) is 0 Å². The van der Waals surface area contributed by atoms with Gasteiger partial charge in [-0.25, -0.2) is 0 Å². The van der Waals surface area contributed by atoms with E-state index in [4.69, 9.17) is 11.6 Å². The second-order valence-corrected chi connectivity index (χ2v) is 7.36. The van der Waals surface area contributed by atoms with Gasteiger partial charge in [0.15, 0.2) is 0 Å². The van der Waals surface area contributed by atoms with E-state index in [9.17, 15) is 9.59 Å². The fourth-order valence-corrected chi connectivity index (χ4v) is 3.80. The van der Waals surface area contributed by atoms with Gasteiger partial charge in [-0.2, -0.15) is 0 Å². The average Bonchev–Trinajstić information content (AvgIpc) is 3.47. The van der Waals surface area contributed by atoms with E-state index in [1.807, 2.05) is 66.1 Å². The number of hydrogen-bond donors (Lipinski definition) is 0. The predicted molar refractivity (Wildman–Crippen MR) is 104 cm³/mol. The second-order valence-electron chi connectivity index (χ2n) is 6.92. The van der Waals surface area contributed by atoms with E-state index in [-0.39, 0.29) is 11.8 Å². The van der Waals surface area contributed by atoms with E-state index < -0.39 is 5.41 Å². The molecule has 138 valence electrons. The van der Waals surface area contributed by atoms with E-state index in [1.165, 1.54) is 0 Å². The Labute approximate surface area is 160 Å². The summed E-state index contributed by atoms with van der Waals surface area (Å²) >= 11 is 6.11. The number of amides is 2. The van der Waals surface area contributed by atoms with Crippen molar-refractivity contribution in [1.82, 2.24) is 9.80 Å². The first-order valence-corrected chi connectivity index (χ1v) is 9.53. The molecule has 1 saturated heterocycles. The van der Waals surface area contributed by atoms with Gasteiger partial charge < -0.3 is 9.80 Å². The van der Waals surface area contributed by atoms with Crippen molar-refractivity contribution in [3.63, 3.8) is 0 Å². The highest BCUT2D eigenvalue weighted by molar-refractivity contribution is 6.30. The van der Waals surface area contributed by atoms with E-state index >= 15 is 0 Å². The molecule has 0 bridgehead atoms. The molecule has 0 radical (unpaired) electrons. The van der Waals surface area contributed by atoms with Crippen molar-refractivity contribution >= 4 is 23.4 Å². The number of piperazine rings is 1. The monoisotopic (exact) mass is 372 g/mol. The van der Waals surface area contributed by atoms with Crippen molar-refractivity contribution in [1.29, 1.82) is 0 Å². The van der Waals surface area contributed by atoms with Gasteiger partial charge in [-0.05, 0) is 44.4 Å². The van der Waals surface area contributed by atoms with Crippen molar-refractivity contribution in [3.05, 3.63) is 58.7 Å². The lowest BCUT2D eigenvalue weighted by Gasteiger charge is -2.37. The van der Waals surface area contributed by atoms with Gasteiger partial charge in [0.2, 0.25) is 5.91 Å². The maximum Gasteiger partial charge on any atom is 0.253 e. The van der Waals surface area contributed by atoms with Crippen molar-refractivity contribution in [2.24, 2.45) is 0 Å². The molecule has 0 aromatic heterocycles. The number of hydrogen-bond acceptors (Lipinski definition) is 2. The predicted octanol–water partition coefficient (Wildman–Crippen LogP) is 3.56. The van der Waals surface area contributed by atoms with Crippen LogP contribution in [0.5, 0.6) is 0 Å². The van der Waals surface area contributed by atoms with Gasteiger partial charge in [-0.1, -0.05) is 42.0 Å². The zero-order valence-corrected chi connectivity index (χ0v) is 16.1. The molecule has 0 N–H and O–H groups in total. The minimum Gasteiger partial charge on any atom is -0.338 e. The Morgan fingerprint density at radius 2 is 1.73 bits per heavy atom. The first-order valence-electron chi connectivity index (χ1n) is 9.15. The summed E-state index contributed by atoms with van der Waals surface area (Å²) in [4.78, 5) is 29.4. The fraction of sp³-hybridized carbons (Fsp3) is 0.429. The molecule has 2 amide bonds. The van der Waals surface area contributed by atoms with Crippen LogP contribution in [0.2, 0.25) is 5.02 Å². The highest BCUT2D eigenvalue weighted by Crippen LogP contribution is 2.50. The Morgan fingerprint density at radius 1 is 1.08 bits per heavy atom. The molecule has 1 aromatic carbocycles. The number of benzene rings is 1. The third-order valence-corrected chi connectivity index (χ3v) is 5.53. The van der Waals surface area contributed by atoms with Crippen LogP contribution in [-0.2, 0) is 15.0 Å². The third-order valence-electron chi connectivity index (χ3n) is 5.29. The molecule has 1 aromatic rings. The van der Waals surface area contributed by atoms with Crippen LogP contribution >= 0.6 is 11.6 Å². The van der Waals surface area contributed by atoms with Crippen LogP contribution in [0, 0.1) is 0 Å². The molecule has 26 heavy (non-hydrogen) atoms. The molecule has 1 saturated carbocycles. The van der Waals surface area contributed by atoms with Gasteiger partial charge in [0.05, 0.1) is 5.41 Å². The van der Waals surface area contributed by atoms with Crippen molar-refractivity contribution in [2.45, 2.75) is 32.1 Å². The average molecular weight is 373 g/mol. The van der Waals surface area contributed by atoms with E-state index in [2.05, 4.69) is 0 Å². The topological polar surface area (TPSA) is 40.6 Å². The first kappa shape index (κ1) is 18.7. The highest BCUT2D eigenvalue weighted by atomic mass is 35.5. The number of rotatable bonds is 4. The summed E-state index contributed by atoms with van der Waals surface area (Å²) in [6, 6.07) is 7.63. The number of halogens is 1. The summed E-state index contributed by atoms with van der Waals surface area (Å²) in [7, 11) is 0. The van der Waals surface area contributed by atoms with Gasteiger partial charge in [0.1, 0.15) is 0 Å². The lowest BCUT2D eigenvalue weighted by molar-refractivity contribution is -0.139. The van der Waals surface area contributed by atoms with Crippen LogP contribution in [0.4, 0.5) is 0 Å². The Hall–Kier alpha value is -2.07. The zero-order valence-electron chi connectivity index (χ0n) is 15.4. The van der Waals surface area contributed by atoms with Gasteiger partial charge >= 0.3 is 0 Å². The summed E-state index contributed by atoms with van der Waals surface area (Å²) in [5.74, 6) is 0.209. The molecule has 1 heterocycles. The number of carbonyl (C=O) groups excluding carboxylic acids is 2. The summed E-state index contributed by atoms with van der Waals surface area (Å²) in [6.45, 7) is 6.09. The van der Waals surface area contributed by atoms with E-state index in [0.29, 0.717) is 36.8 Å². The lowest BCUT2D eigenvalue weighted by atomic mass is 9.94. The highest BCUT2D eigenvalue weighted by Gasteiger charge is 2.53. The maximum absolute atomic E-state index is 13.1. The lowest BCUT2D eigenvalue weighted by Crippen LogP contribution is -2.53. The molecule has 1 aliphatic carbocycles. The van der Waals surface area contributed by atoms with Crippen LogP contribution in [-0.4, -0.2) is 47.8 Å². The molecule has 2 aliphatic rings. The largest absolute Gasteiger partial charge is 0.338 e. The number of carbonyl (C=O) groups is 2. The van der Waals surface area contributed by atoms with Crippen molar-refractivity contribution in [3.8, 4) is 0 Å². The summed E-state index contributed by atoms with van der Waals surface area (Å²) in [5.41, 5.74) is 1.30. The molecule has 0 atom stereocenters. The standard InChI is InChI=1S/C21H25ClN2O2/c1-3-6-16(4-2)19(25)23-11-13-24(14-12-23)20(26)21(9-10-21)17-7-5-8-18(22)15-17/h3-8,15H,9-14H2,1-2H3/b6-3-,16-4+. The fourth-order valence-electron chi connectivity index (χ4n) is 3.61. The summed E-state index contributed by atoms with van der Waals surface area (Å²) < 4.78 is 0. The van der Waals surface area contributed by atoms with E-state index in [1.54, 1.807) is 0 Å². The number of nitrogens with zero attached hydrogens (tertiary/aromatic N) is 2. The van der Waals surface area contributed by atoms with Crippen molar-refractivity contribution < 1.29 is 9.59 Å². The van der Waals surface area contributed by atoms with Gasteiger partial charge in [0.25, 0.3) is 5.91 Å². The normalized spacial score (nSPS) is 19.7. The molecular formula is C21H25ClN2O2. The second kappa shape index (κ2) is 7.67. The van der Waals surface area contributed by atoms with Crippen LogP contribution in [0.15, 0.2) is 48.1 Å². The quantitative estimate of drug-likeness (QED) is 0.599. The molecule has 3 rings (SSSR count). The number of allylic oxidation sites excluding steroid dienone is 2. The maximum atomic E-state index is 13.1. The SMILES string of the molecule is C/C=C\C(=C/C)C(=O)N1CCN(C(=O)C2(c3cccc(Cl)c3)CC2)CC1. The minimum absolute atomic E-state index is 0.0358. The molecule has 1 aliphatic heterocycles. The summed E-state index contributed by atoms with van der Waals surface area (Å²) in [6.07, 6.45) is 7.27. The van der Waals surface area contributed by atoms with Crippen LogP contribution < -0.4 is 0 Å². The Morgan fingerprint density at radius 3 is 2.27 bits per heavy atom. The minimum atomic E-state index is -0.406. The first-order chi connectivity index (χ1) is 12.5. The van der Waals surface area contributed by atoms with Crippen molar-refractivity contribution in [2.75, 3.05) is 26.2 Å². The smallest absolute Gasteiger partial charge is 0.253 e. The van der Waals surface area contributed by atoms with Gasteiger partial charge in [-0.3, -0.25) is 9.59 Å². The Balaban J connectivity index is 1.65. The summed E-state index contributed by atoms with van der Waals surface area (Å²) in [5, 5.41) is 0.667. The molecule has 5 heteroatoms. The molecule has 0 unspecified atom stereocenters. The van der Waals surface area contributed by atoms with Crippen LogP contribution in [0.25, 0.3) is 0 Å². The molecular weight excluding hydrogens is 348 g/mol. The van der Waals surface area contributed by atoms with E-state index in [0.717, 1.165) is 18.4 Å². The Bertz CT molecular complexity index is 757. The Kier molecular flexibility index (Phi) is 5.52.